The van der Waals surface area contributed by atoms with E-state index in [1.807, 2.05) is 6.07 Å². The van der Waals surface area contributed by atoms with Crippen molar-refractivity contribution in [2.75, 3.05) is 20.3 Å². The van der Waals surface area contributed by atoms with Gasteiger partial charge in [-0.15, -0.1) is 0 Å². The Bertz CT molecular complexity index is 1340. The van der Waals surface area contributed by atoms with Crippen LogP contribution in [0.5, 0.6) is 0 Å². The molecule has 1 aromatic carbocycles. The minimum atomic E-state index is -0.913. The quantitative estimate of drug-likeness (QED) is 0.376. The maximum atomic E-state index is 15.2. The number of methoxy groups -OCH3 is 1. The van der Waals surface area contributed by atoms with Crippen LogP contribution in [0.1, 0.15) is 71.6 Å². The fourth-order valence-electron chi connectivity index (χ4n) is 6.33. The predicted molar refractivity (Wildman–Crippen MR) is 145 cm³/mol. The number of rotatable bonds is 7. The summed E-state index contributed by atoms with van der Waals surface area (Å²) in [5.74, 6) is -2.82. The van der Waals surface area contributed by atoms with E-state index in [-0.39, 0.29) is 42.0 Å². The van der Waals surface area contributed by atoms with Crippen LogP contribution in [0.25, 0.3) is 11.3 Å². The van der Waals surface area contributed by atoms with Crippen molar-refractivity contribution in [1.29, 1.82) is 0 Å². The van der Waals surface area contributed by atoms with Crippen molar-refractivity contribution in [3.8, 4) is 11.3 Å². The number of ketones is 1. The number of aromatic nitrogens is 2. The lowest BCUT2D eigenvalue weighted by Crippen LogP contribution is -2.45. The van der Waals surface area contributed by atoms with Crippen molar-refractivity contribution < 1.29 is 27.4 Å². The number of halogens is 3. The molecule has 1 aliphatic carbocycles. The third kappa shape index (κ3) is 5.82. The number of carbonyl (C=O) groups excluding carboxylic acids is 1. The molecule has 212 valence electrons. The Morgan fingerprint density at radius 3 is 2.45 bits per heavy atom. The van der Waals surface area contributed by atoms with Crippen LogP contribution in [0.3, 0.4) is 0 Å². The molecule has 1 saturated heterocycles. The molecule has 0 amide bonds. The minimum absolute atomic E-state index is 0.0310. The fraction of sp³-hybridized carbons (Fsp3) is 0.452. The molecule has 2 aliphatic rings. The van der Waals surface area contributed by atoms with Gasteiger partial charge in [0.15, 0.2) is 5.78 Å². The van der Waals surface area contributed by atoms with Crippen LogP contribution in [-0.4, -0.2) is 48.2 Å². The Hall–Kier alpha value is -3.14. The molecule has 1 aliphatic heterocycles. The smallest absolute Gasteiger partial charge is 0.185 e. The van der Waals surface area contributed by atoms with Crippen molar-refractivity contribution >= 4 is 5.78 Å². The summed E-state index contributed by atoms with van der Waals surface area (Å²) in [4.78, 5) is 21.7. The first-order valence-electron chi connectivity index (χ1n) is 13.7. The van der Waals surface area contributed by atoms with Gasteiger partial charge in [0, 0.05) is 45.2 Å². The van der Waals surface area contributed by atoms with Crippen LogP contribution in [0.15, 0.2) is 42.7 Å². The third-order valence-corrected chi connectivity index (χ3v) is 8.33. The molecule has 0 radical (unpaired) electrons. The summed E-state index contributed by atoms with van der Waals surface area (Å²) in [6, 6.07) is 6.49. The largest absolute Gasteiger partial charge is 0.381 e. The van der Waals surface area contributed by atoms with Gasteiger partial charge >= 0.3 is 0 Å². The molecule has 0 spiro atoms. The van der Waals surface area contributed by atoms with E-state index in [2.05, 4.69) is 16.9 Å². The predicted octanol–water partition coefficient (Wildman–Crippen LogP) is 5.74. The third-order valence-electron chi connectivity index (χ3n) is 8.33. The van der Waals surface area contributed by atoms with Crippen LogP contribution in [0, 0.1) is 23.4 Å². The SMILES string of the molecule is CO[C@@H]1[C@H](N)C[C@H](c2ccncc2CC(=O)c2ccc(F)c(-c3c(F)cc(C4CCOCC4)cc3F)n2)C[C@@H]1C. The number of benzene rings is 1. The van der Waals surface area contributed by atoms with Gasteiger partial charge in [-0.3, -0.25) is 9.78 Å². The molecule has 40 heavy (non-hydrogen) atoms. The molecule has 4 atom stereocenters. The van der Waals surface area contributed by atoms with E-state index in [0.29, 0.717) is 38.0 Å². The van der Waals surface area contributed by atoms with E-state index >= 15 is 8.78 Å². The monoisotopic (exact) mass is 553 g/mol. The van der Waals surface area contributed by atoms with Gasteiger partial charge < -0.3 is 15.2 Å². The van der Waals surface area contributed by atoms with Crippen molar-refractivity contribution in [2.45, 2.75) is 63.0 Å². The van der Waals surface area contributed by atoms with Gasteiger partial charge in [0.25, 0.3) is 0 Å². The number of carbonyl (C=O) groups is 1. The number of hydrogen-bond donors (Lipinski definition) is 1. The molecular weight excluding hydrogens is 519 g/mol. The van der Waals surface area contributed by atoms with Crippen molar-refractivity contribution in [3.05, 3.63) is 82.6 Å². The van der Waals surface area contributed by atoms with Gasteiger partial charge in [-0.25, -0.2) is 18.2 Å². The normalized spacial score (nSPS) is 23.8. The molecule has 3 aromatic rings. The zero-order chi connectivity index (χ0) is 28.4. The first kappa shape index (κ1) is 28.4. The maximum absolute atomic E-state index is 15.2. The van der Waals surface area contributed by atoms with Crippen molar-refractivity contribution in [2.24, 2.45) is 11.7 Å². The number of nitrogens with zero attached hydrogens (tertiary/aromatic N) is 2. The van der Waals surface area contributed by atoms with Gasteiger partial charge in [0.05, 0.1) is 11.7 Å². The molecule has 2 aromatic heterocycles. The van der Waals surface area contributed by atoms with Crippen LogP contribution in [0.2, 0.25) is 0 Å². The summed E-state index contributed by atoms with van der Waals surface area (Å²) in [5.41, 5.74) is 7.41. The van der Waals surface area contributed by atoms with Gasteiger partial charge in [-0.2, -0.15) is 0 Å². The molecule has 1 saturated carbocycles. The molecule has 0 bridgehead atoms. The van der Waals surface area contributed by atoms with E-state index in [4.69, 9.17) is 15.2 Å². The Labute approximate surface area is 232 Å². The maximum Gasteiger partial charge on any atom is 0.185 e. The Morgan fingerprint density at radius 2 is 1.77 bits per heavy atom. The average Bonchev–Trinajstić information content (AvgIpc) is 2.94. The summed E-state index contributed by atoms with van der Waals surface area (Å²) in [6.07, 6.45) is 6.12. The number of hydrogen-bond acceptors (Lipinski definition) is 6. The van der Waals surface area contributed by atoms with Gasteiger partial charge in [-0.1, -0.05) is 6.92 Å². The first-order valence-corrected chi connectivity index (χ1v) is 13.7. The van der Waals surface area contributed by atoms with Gasteiger partial charge in [-0.05, 0) is 90.5 Å². The lowest BCUT2D eigenvalue weighted by molar-refractivity contribution is 0.00970. The molecule has 2 N–H and O–H groups in total. The second-order valence-electron chi connectivity index (χ2n) is 11.0. The first-order chi connectivity index (χ1) is 19.3. The molecule has 3 heterocycles. The second-order valence-corrected chi connectivity index (χ2v) is 11.0. The Morgan fingerprint density at radius 1 is 1.05 bits per heavy atom. The van der Waals surface area contributed by atoms with Crippen LogP contribution >= 0.6 is 0 Å². The zero-order valence-corrected chi connectivity index (χ0v) is 22.7. The molecule has 5 rings (SSSR count). The number of pyridine rings is 2. The van der Waals surface area contributed by atoms with E-state index in [9.17, 15) is 9.18 Å². The molecular formula is C31H34F3N3O3. The van der Waals surface area contributed by atoms with Crippen LogP contribution < -0.4 is 5.73 Å². The van der Waals surface area contributed by atoms with E-state index < -0.39 is 34.5 Å². The van der Waals surface area contributed by atoms with Gasteiger partial charge in [0.1, 0.15) is 28.8 Å². The summed E-state index contributed by atoms with van der Waals surface area (Å²) < 4.78 is 56.1. The van der Waals surface area contributed by atoms with Crippen LogP contribution in [0.4, 0.5) is 13.2 Å². The highest BCUT2D eigenvalue weighted by Gasteiger charge is 2.35. The molecule has 9 heteroatoms. The lowest BCUT2D eigenvalue weighted by Gasteiger charge is -2.38. The minimum Gasteiger partial charge on any atom is -0.381 e. The lowest BCUT2D eigenvalue weighted by atomic mass is 9.73. The summed E-state index contributed by atoms with van der Waals surface area (Å²) in [7, 11) is 1.67. The number of Topliss-reactive ketones (excluding diaryl/α,β-unsaturated/α-hetero) is 1. The summed E-state index contributed by atoms with van der Waals surface area (Å²) >= 11 is 0. The van der Waals surface area contributed by atoms with Crippen molar-refractivity contribution in [3.63, 3.8) is 0 Å². The highest BCUT2D eigenvalue weighted by Crippen LogP contribution is 2.38. The summed E-state index contributed by atoms with van der Waals surface area (Å²) in [6.45, 7) is 3.15. The highest BCUT2D eigenvalue weighted by atomic mass is 19.1. The Balaban J connectivity index is 1.40. The standard InChI is InChI=1S/C31H34F3N3O3/c1-17-11-20(14-26(35)31(17)39-2)22-5-8-36-16-21(22)15-28(38)27-4-3-23(32)30(37-27)29-24(33)12-19(13-25(29)34)18-6-9-40-10-7-18/h3-5,8,12-13,16-18,20,26,31H,6-7,9-11,14-15,35H2,1-2H3/t17-,20+,26+,31-/m0/s1. The topological polar surface area (TPSA) is 87.3 Å². The second kappa shape index (κ2) is 12.2. The average molecular weight is 554 g/mol. The zero-order valence-electron chi connectivity index (χ0n) is 22.7. The number of nitrogens with two attached hydrogens (primary N) is 1. The van der Waals surface area contributed by atoms with Crippen molar-refractivity contribution in [1.82, 2.24) is 9.97 Å². The van der Waals surface area contributed by atoms with E-state index in [1.54, 1.807) is 19.5 Å². The Kier molecular flexibility index (Phi) is 8.63. The van der Waals surface area contributed by atoms with E-state index in [1.165, 1.54) is 18.2 Å². The molecule has 6 nitrogen and oxygen atoms in total. The highest BCUT2D eigenvalue weighted by molar-refractivity contribution is 5.96. The fourth-order valence-corrected chi connectivity index (χ4v) is 6.33. The van der Waals surface area contributed by atoms with E-state index in [0.717, 1.165) is 23.6 Å². The molecule has 2 fully saturated rings. The summed E-state index contributed by atoms with van der Waals surface area (Å²) in [5, 5.41) is 0. The number of ether oxygens (including phenoxy) is 2. The molecule has 0 unspecified atom stereocenters. The van der Waals surface area contributed by atoms with Gasteiger partial charge in [0.2, 0.25) is 0 Å². The van der Waals surface area contributed by atoms with Crippen LogP contribution in [-0.2, 0) is 15.9 Å².